The molecule has 19 heavy (non-hydrogen) atoms. The molecule has 0 saturated carbocycles. The fourth-order valence-corrected chi connectivity index (χ4v) is 1.98. The van der Waals surface area contributed by atoms with Crippen molar-refractivity contribution in [2.24, 2.45) is 0 Å². The average molecular weight is 262 g/mol. The standard InChI is InChI=1S/C14H15FN2O2/c1-3-4-11-13(18)16-12(17-14(11)19)10-6-5-9(15)7-8(10)2/h5-7H,3-4H2,1-2H3,(H2,16,17,18,19). The minimum atomic E-state index is -0.354. The summed E-state index contributed by atoms with van der Waals surface area (Å²) in [5.74, 6) is -0.361. The van der Waals surface area contributed by atoms with Crippen molar-refractivity contribution in [1.29, 1.82) is 0 Å². The molecule has 5 heteroatoms. The van der Waals surface area contributed by atoms with Crippen LogP contribution < -0.4 is 5.56 Å². The van der Waals surface area contributed by atoms with Crippen LogP contribution in [0, 0.1) is 12.7 Å². The number of nitrogens with one attached hydrogen (secondary N) is 1. The number of aryl methyl sites for hydroxylation is 1. The third-order valence-corrected chi connectivity index (χ3v) is 2.94. The first-order valence-corrected chi connectivity index (χ1v) is 6.11. The molecule has 0 aliphatic carbocycles. The molecule has 0 aliphatic rings. The van der Waals surface area contributed by atoms with Gasteiger partial charge in [-0.25, -0.2) is 4.39 Å². The number of benzene rings is 1. The van der Waals surface area contributed by atoms with E-state index < -0.39 is 0 Å². The molecule has 4 nitrogen and oxygen atoms in total. The van der Waals surface area contributed by atoms with E-state index in [1.54, 1.807) is 6.92 Å². The zero-order valence-corrected chi connectivity index (χ0v) is 10.8. The molecule has 0 bridgehead atoms. The molecular formula is C14H15FN2O2. The van der Waals surface area contributed by atoms with Gasteiger partial charge in [0.2, 0.25) is 5.88 Å². The number of rotatable bonds is 3. The molecule has 0 spiro atoms. The molecule has 0 fully saturated rings. The second kappa shape index (κ2) is 5.22. The first-order valence-electron chi connectivity index (χ1n) is 6.11. The van der Waals surface area contributed by atoms with Gasteiger partial charge in [0.05, 0.1) is 5.56 Å². The highest BCUT2D eigenvalue weighted by Crippen LogP contribution is 2.22. The van der Waals surface area contributed by atoms with Crippen LogP contribution in [0.1, 0.15) is 24.5 Å². The molecule has 0 aliphatic heterocycles. The maximum atomic E-state index is 13.0. The van der Waals surface area contributed by atoms with Gasteiger partial charge >= 0.3 is 0 Å². The van der Waals surface area contributed by atoms with Crippen LogP contribution in [0.3, 0.4) is 0 Å². The predicted octanol–water partition coefficient (Wildman–Crippen LogP) is 2.54. The van der Waals surface area contributed by atoms with Gasteiger partial charge in [-0.1, -0.05) is 13.3 Å². The number of H-pyrrole nitrogens is 1. The highest BCUT2D eigenvalue weighted by molar-refractivity contribution is 5.60. The largest absolute Gasteiger partial charge is 0.493 e. The summed E-state index contributed by atoms with van der Waals surface area (Å²) in [4.78, 5) is 18.5. The number of aromatic hydroxyl groups is 1. The number of halogens is 1. The van der Waals surface area contributed by atoms with Gasteiger partial charge in [0.15, 0.2) is 0 Å². The summed E-state index contributed by atoms with van der Waals surface area (Å²) >= 11 is 0. The summed E-state index contributed by atoms with van der Waals surface area (Å²) in [6, 6.07) is 4.17. The molecule has 1 heterocycles. The lowest BCUT2D eigenvalue weighted by atomic mass is 10.1. The third-order valence-electron chi connectivity index (χ3n) is 2.94. The smallest absolute Gasteiger partial charge is 0.258 e. The van der Waals surface area contributed by atoms with Crippen LogP contribution in [-0.4, -0.2) is 15.1 Å². The van der Waals surface area contributed by atoms with Gasteiger partial charge in [-0.3, -0.25) is 4.79 Å². The summed E-state index contributed by atoms with van der Waals surface area (Å²) in [5, 5.41) is 9.80. The van der Waals surface area contributed by atoms with Crippen molar-refractivity contribution in [3.05, 3.63) is 45.5 Å². The number of hydrogen-bond donors (Lipinski definition) is 2. The maximum Gasteiger partial charge on any atom is 0.258 e. The van der Waals surface area contributed by atoms with Crippen molar-refractivity contribution >= 4 is 0 Å². The quantitative estimate of drug-likeness (QED) is 0.893. The maximum absolute atomic E-state index is 13.0. The van der Waals surface area contributed by atoms with Crippen molar-refractivity contribution < 1.29 is 9.50 Å². The summed E-state index contributed by atoms with van der Waals surface area (Å²) in [6.07, 6.45) is 1.21. The normalized spacial score (nSPS) is 10.7. The molecule has 1 aromatic heterocycles. The first-order chi connectivity index (χ1) is 9.02. The van der Waals surface area contributed by atoms with E-state index in [1.807, 2.05) is 6.92 Å². The van der Waals surface area contributed by atoms with Crippen LogP contribution in [0.15, 0.2) is 23.0 Å². The molecule has 2 aromatic rings. The average Bonchev–Trinajstić information content (AvgIpc) is 2.33. The van der Waals surface area contributed by atoms with E-state index in [-0.39, 0.29) is 28.6 Å². The van der Waals surface area contributed by atoms with Gasteiger partial charge in [0, 0.05) is 5.56 Å². The van der Waals surface area contributed by atoms with Gasteiger partial charge in [0.1, 0.15) is 11.6 Å². The zero-order valence-electron chi connectivity index (χ0n) is 10.8. The van der Waals surface area contributed by atoms with Gasteiger partial charge < -0.3 is 10.1 Å². The van der Waals surface area contributed by atoms with E-state index in [4.69, 9.17) is 0 Å². The summed E-state index contributed by atoms with van der Waals surface area (Å²) in [6.45, 7) is 3.63. The van der Waals surface area contributed by atoms with Crippen LogP contribution in [-0.2, 0) is 6.42 Å². The lowest BCUT2D eigenvalue weighted by Gasteiger charge is -2.07. The van der Waals surface area contributed by atoms with Crippen molar-refractivity contribution in [2.45, 2.75) is 26.7 Å². The Morgan fingerprint density at radius 3 is 2.74 bits per heavy atom. The van der Waals surface area contributed by atoms with Crippen molar-refractivity contribution in [2.75, 3.05) is 0 Å². The Morgan fingerprint density at radius 1 is 1.42 bits per heavy atom. The molecule has 0 radical (unpaired) electrons. The molecule has 1 aromatic carbocycles. The summed E-state index contributed by atoms with van der Waals surface area (Å²) in [5.41, 5.74) is 1.17. The zero-order chi connectivity index (χ0) is 14.0. The van der Waals surface area contributed by atoms with E-state index in [1.165, 1.54) is 18.2 Å². The Morgan fingerprint density at radius 2 is 2.16 bits per heavy atom. The molecule has 0 amide bonds. The molecule has 0 atom stereocenters. The monoisotopic (exact) mass is 262 g/mol. The molecular weight excluding hydrogens is 247 g/mol. The van der Waals surface area contributed by atoms with Crippen LogP contribution in [0.25, 0.3) is 11.4 Å². The number of nitrogens with zero attached hydrogens (tertiary/aromatic N) is 1. The van der Waals surface area contributed by atoms with E-state index >= 15 is 0 Å². The van der Waals surface area contributed by atoms with E-state index in [9.17, 15) is 14.3 Å². The molecule has 0 unspecified atom stereocenters. The molecule has 100 valence electrons. The van der Waals surface area contributed by atoms with Gasteiger partial charge in [0.25, 0.3) is 5.56 Å². The van der Waals surface area contributed by atoms with Crippen molar-refractivity contribution in [3.63, 3.8) is 0 Å². The van der Waals surface area contributed by atoms with E-state index in [0.717, 1.165) is 6.42 Å². The Balaban J connectivity index is 2.55. The molecule has 2 rings (SSSR count). The summed E-state index contributed by atoms with van der Waals surface area (Å²) in [7, 11) is 0. The fourth-order valence-electron chi connectivity index (χ4n) is 1.98. The molecule has 2 N–H and O–H groups in total. The topological polar surface area (TPSA) is 66.0 Å². The minimum Gasteiger partial charge on any atom is -0.493 e. The highest BCUT2D eigenvalue weighted by Gasteiger charge is 2.12. The minimum absolute atomic E-state index is 0.250. The second-order valence-electron chi connectivity index (χ2n) is 4.43. The van der Waals surface area contributed by atoms with Crippen LogP contribution in [0.2, 0.25) is 0 Å². The van der Waals surface area contributed by atoms with Crippen LogP contribution in [0.4, 0.5) is 4.39 Å². The van der Waals surface area contributed by atoms with Gasteiger partial charge in [-0.15, -0.1) is 0 Å². The van der Waals surface area contributed by atoms with Gasteiger partial charge in [-0.05, 0) is 37.1 Å². The molecule has 0 saturated heterocycles. The third kappa shape index (κ3) is 2.65. The Bertz CT molecular complexity index is 665. The number of aromatic amines is 1. The first kappa shape index (κ1) is 13.3. The van der Waals surface area contributed by atoms with Crippen molar-refractivity contribution in [1.82, 2.24) is 9.97 Å². The Labute approximate surface area is 110 Å². The summed E-state index contributed by atoms with van der Waals surface area (Å²) < 4.78 is 13.0. The Kier molecular flexibility index (Phi) is 3.64. The van der Waals surface area contributed by atoms with E-state index in [2.05, 4.69) is 9.97 Å². The second-order valence-corrected chi connectivity index (χ2v) is 4.43. The van der Waals surface area contributed by atoms with E-state index in [0.29, 0.717) is 17.5 Å². The lowest BCUT2D eigenvalue weighted by molar-refractivity contribution is 0.443. The van der Waals surface area contributed by atoms with Gasteiger partial charge in [-0.2, -0.15) is 4.98 Å². The number of hydrogen-bond acceptors (Lipinski definition) is 3. The fraction of sp³-hybridized carbons (Fsp3) is 0.286. The SMILES string of the molecule is CCCc1c(O)nc(-c2ccc(F)cc2C)[nH]c1=O. The lowest BCUT2D eigenvalue weighted by Crippen LogP contribution is -2.15. The Hall–Kier alpha value is -2.17. The van der Waals surface area contributed by atoms with Crippen LogP contribution in [0.5, 0.6) is 5.88 Å². The predicted molar refractivity (Wildman–Crippen MR) is 70.6 cm³/mol. The number of aromatic nitrogens is 2. The highest BCUT2D eigenvalue weighted by atomic mass is 19.1. The van der Waals surface area contributed by atoms with Crippen LogP contribution >= 0.6 is 0 Å². The van der Waals surface area contributed by atoms with Crippen molar-refractivity contribution in [3.8, 4) is 17.3 Å².